The van der Waals surface area contributed by atoms with E-state index >= 15 is 0 Å². The van der Waals surface area contributed by atoms with Crippen LogP contribution < -0.4 is 0 Å². The van der Waals surface area contributed by atoms with Crippen molar-refractivity contribution in [2.45, 2.75) is 0 Å². The number of pyridine rings is 1. The van der Waals surface area contributed by atoms with Crippen LogP contribution in [0.15, 0.2) is 42.7 Å². The van der Waals surface area contributed by atoms with Crippen LogP contribution in [0.4, 0.5) is 8.78 Å². The normalized spacial score (nSPS) is 11.7. The molecule has 1 heterocycles. The summed E-state index contributed by atoms with van der Waals surface area (Å²) >= 11 is 6.07. The molecule has 0 fully saturated rings. The standard InChI is InChI=1S/C14H7ClF2N2/c15-14(9-3-4-12(16)13(17)6-9)11(7-18)10-2-1-5-19-8-10/h1-6,8H/b14-11+. The van der Waals surface area contributed by atoms with Crippen molar-refractivity contribution >= 4 is 22.2 Å². The highest BCUT2D eigenvalue weighted by Gasteiger charge is 2.11. The third-order valence-corrected chi connectivity index (χ3v) is 2.86. The Morgan fingerprint density at radius 1 is 1.16 bits per heavy atom. The van der Waals surface area contributed by atoms with Gasteiger partial charge in [0.15, 0.2) is 11.6 Å². The molecule has 0 aliphatic heterocycles. The monoisotopic (exact) mass is 276 g/mol. The fraction of sp³-hybridized carbons (Fsp3) is 0. The Kier molecular flexibility index (Phi) is 3.88. The summed E-state index contributed by atoms with van der Waals surface area (Å²) in [5.74, 6) is -1.98. The quantitative estimate of drug-likeness (QED) is 0.778. The summed E-state index contributed by atoms with van der Waals surface area (Å²) in [6.45, 7) is 0. The number of hydrogen-bond acceptors (Lipinski definition) is 2. The van der Waals surface area contributed by atoms with E-state index in [1.165, 1.54) is 12.3 Å². The predicted octanol–water partition coefficient (Wildman–Crippen LogP) is 3.99. The Morgan fingerprint density at radius 3 is 2.53 bits per heavy atom. The summed E-state index contributed by atoms with van der Waals surface area (Å²) in [6, 6.07) is 8.48. The van der Waals surface area contributed by atoms with Crippen molar-refractivity contribution in [3.8, 4) is 6.07 Å². The van der Waals surface area contributed by atoms with Gasteiger partial charge in [0.05, 0.1) is 10.6 Å². The zero-order valence-electron chi connectivity index (χ0n) is 9.57. The molecule has 0 saturated heterocycles. The molecule has 0 aliphatic carbocycles. The molecular weight excluding hydrogens is 270 g/mol. The van der Waals surface area contributed by atoms with Gasteiger partial charge in [-0.1, -0.05) is 23.7 Å². The highest BCUT2D eigenvalue weighted by atomic mass is 35.5. The van der Waals surface area contributed by atoms with Crippen LogP contribution in [0.25, 0.3) is 10.6 Å². The van der Waals surface area contributed by atoms with Crippen molar-refractivity contribution in [1.82, 2.24) is 4.98 Å². The van der Waals surface area contributed by atoms with Crippen LogP contribution in [-0.2, 0) is 0 Å². The van der Waals surface area contributed by atoms with Crippen molar-refractivity contribution in [3.63, 3.8) is 0 Å². The highest BCUT2D eigenvalue weighted by Crippen LogP contribution is 2.29. The van der Waals surface area contributed by atoms with Gasteiger partial charge in [0.25, 0.3) is 0 Å². The Balaban J connectivity index is 2.56. The van der Waals surface area contributed by atoms with Crippen LogP contribution in [0, 0.1) is 23.0 Å². The van der Waals surface area contributed by atoms with E-state index in [1.54, 1.807) is 18.3 Å². The summed E-state index contributed by atoms with van der Waals surface area (Å²) in [5, 5.41) is 9.20. The van der Waals surface area contributed by atoms with E-state index in [2.05, 4.69) is 4.98 Å². The lowest BCUT2D eigenvalue weighted by molar-refractivity contribution is 0.508. The molecule has 0 atom stereocenters. The Labute approximate surface area is 113 Å². The summed E-state index contributed by atoms with van der Waals surface area (Å²) < 4.78 is 26.0. The van der Waals surface area contributed by atoms with E-state index in [4.69, 9.17) is 16.9 Å². The molecule has 0 amide bonds. The summed E-state index contributed by atoms with van der Waals surface area (Å²) in [5.41, 5.74) is 0.904. The van der Waals surface area contributed by atoms with Crippen LogP contribution >= 0.6 is 11.6 Å². The lowest BCUT2D eigenvalue weighted by Crippen LogP contribution is -1.90. The first kappa shape index (κ1) is 13.2. The van der Waals surface area contributed by atoms with E-state index in [1.807, 2.05) is 6.07 Å². The molecule has 0 bridgehead atoms. The molecule has 2 aromatic rings. The van der Waals surface area contributed by atoms with Crippen LogP contribution in [-0.4, -0.2) is 4.98 Å². The Hall–Kier alpha value is -2.25. The minimum atomic E-state index is -1.01. The Morgan fingerprint density at radius 2 is 1.95 bits per heavy atom. The number of halogens is 3. The van der Waals surface area contributed by atoms with Crippen LogP contribution in [0.5, 0.6) is 0 Å². The molecule has 94 valence electrons. The first-order valence-electron chi connectivity index (χ1n) is 5.29. The molecule has 0 unspecified atom stereocenters. The Bertz CT molecular complexity index is 676. The molecular formula is C14H7ClF2N2. The maximum atomic E-state index is 13.2. The zero-order chi connectivity index (χ0) is 13.8. The van der Waals surface area contributed by atoms with Gasteiger partial charge >= 0.3 is 0 Å². The number of nitriles is 1. The average molecular weight is 277 g/mol. The molecule has 0 radical (unpaired) electrons. The molecule has 2 nitrogen and oxygen atoms in total. The van der Waals surface area contributed by atoms with Crippen molar-refractivity contribution in [3.05, 3.63) is 65.5 Å². The maximum Gasteiger partial charge on any atom is 0.159 e. The fourth-order valence-corrected chi connectivity index (χ4v) is 1.80. The zero-order valence-corrected chi connectivity index (χ0v) is 10.3. The number of rotatable bonds is 2. The van der Waals surface area contributed by atoms with Gasteiger partial charge in [0.2, 0.25) is 0 Å². The van der Waals surface area contributed by atoms with Gasteiger partial charge in [0.1, 0.15) is 6.07 Å². The predicted molar refractivity (Wildman–Crippen MR) is 68.9 cm³/mol. The highest BCUT2D eigenvalue weighted by molar-refractivity contribution is 6.53. The first-order chi connectivity index (χ1) is 9.13. The topological polar surface area (TPSA) is 36.7 Å². The fourth-order valence-electron chi connectivity index (χ4n) is 1.53. The number of allylic oxidation sites excluding steroid dienone is 1. The van der Waals surface area contributed by atoms with Gasteiger partial charge in [-0.15, -0.1) is 0 Å². The van der Waals surface area contributed by atoms with E-state index in [0.717, 1.165) is 12.1 Å². The lowest BCUT2D eigenvalue weighted by atomic mass is 10.1. The van der Waals surface area contributed by atoms with Gasteiger partial charge in [-0.2, -0.15) is 5.26 Å². The number of aromatic nitrogens is 1. The molecule has 1 aromatic heterocycles. The number of hydrogen-bond donors (Lipinski definition) is 0. The van der Waals surface area contributed by atoms with Crippen molar-refractivity contribution < 1.29 is 8.78 Å². The first-order valence-corrected chi connectivity index (χ1v) is 5.67. The second-order valence-electron chi connectivity index (χ2n) is 3.67. The summed E-state index contributed by atoms with van der Waals surface area (Å²) in [4.78, 5) is 3.88. The van der Waals surface area contributed by atoms with Crippen molar-refractivity contribution in [2.75, 3.05) is 0 Å². The molecule has 1 aromatic carbocycles. The van der Waals surface area contributed by atoms with Gasteiger partial charge in [0, 0.05) is 18.0 Å². The van der Waals surface area contributed by atoms with E-state index in [0.29, 0.717) is 5.56 Å². The van der Waals surface area contributed by atoms with Crippen molar-refractivity contribution in [1.29, 1.82) is 5.26 Å². The largest absolute Gasteiger partial charge is 0.264 e. The van der Waals surface area contributed by atoms with Crippen LogP contribution in [0.3, 0.4) is 0 Å². The molecule has 19 heavy (non-hydrogen) atoms. The molecule has 0 aliphatic rings. The van der Waals surface area contributed by atoms with Crippen molar-refractivity contribution in [2.24, 2.45) is 0 Å². The second-order valence-corrected chi connectivity index (χ2v) is 4.05. The molecule has 2 rings (SSSR count). The molecule has 0 N–H and O–H groups in total. The van der Waals surface area contributed by atoms with Gasteiger partial charge in [-0.3, -0.25) is 4.98 Å². The van der Waals surface area contributed by atoms with Crippen LogP contribution in [0.2, 0.25) is 0 Å². The smallest absolute Gasteiger partial charge is 0.159 e. The van der Waals surface area contributed by atoms with Gasteiger partial charge < -0.3 is 0 Å². The molecule has 0 spiro atoms. The second kappa shape index (κ2) is 5.59. The van der Waals surface area contributed by atoms with E-state index in [-0.39, 0.29) is 16.2 Å². The maximum absolute atomic E-state index is 13.2. The van der Waals surface area contributed by atoms with Crippen LogP contribution in [0.1, 0.15) is 11.1 Å². The minimum absolute atomic E-state index is 0.0504. The van der Waals surface area contributed by atoms with Gasteiger partial charge in [-0.05, 0) is 23.8 Å². The lowest BCUT2D eigenvalue weighted by Gasteiger charge is -2.04. The van der Waals surface area contributed by atoms with Gasteiger partial charge in [-0.25, -0.2) is 8.78 Å². The SMILES string of the molecule is N#C/C(=C(\Cl)c1ccc(F)c(F)c1)c1cccnc1. The number of benzene rings is 1. The van der Waals surface area contributed by atoms with E-state index in [9.17, 15) is 8.78 Å². The average Bonchev–Trinajstić information content (AvgIpc) is 2.44. The third kappa shape index (κ3) is 2.78. The summed E-state index contributed by atoms with van der Waals surface area (Å²) in [6.07, 6.45) is 3.03. The third-order valence-electron chi connectivity index (χ3n) is 2.45. The summed E-state index contributed by atoms with van der Waals surface area (Å²) in [7, 11) is 0. The molecule has 5 heteroatoms. The van der Waals surface area contributed by atoms with E-state index < -0.39 is 11.6 Å². The molecule has 0 saturated carbocycles. The minimum Gasteiger partial charge on any atom is -0.264 e. The number of nitrogens with zero attached hydrogens (tertiary/aromatic N) is 2.